The van der Waals surface area contributed by atoms with Crippen molar-refractivity contribution in [2.45, 2.75) is 32.2 Å². The van der Waals surface area contributed by atoms with Gasteiger partial charge in [-0.05, 0) is 37.8 Å². The second-order valence-corrected chi connectivity index (χ2v) is 5.21. The predicted octanol–water partition coefficient (Wildman–Crippen LogP) is 2.01. The van der Waals surface area contributed by atoms with Gasteiger partial charge in [0.15, 0.2) is 16.7 Å². The quantitative estimate of drug-likeness (QED) is 0.935. The van der Waals surface area contributed by atoms with Crippen LogP contribution >= 0.6 is 11.6 Å². The summed E-state index contributed by atoms with van der Waals surface area (Å²) in [5.41, 5.74) is 1.01. The minimum Gasteiger partial charge on any atom is -0.303 e. The van der Waals surface area contributed by atoms with E-state index in [1.165, 1.54) is 6.42 Å². The standard InChI is InChI=1S/C12H13ClN6O/c1-7-5-10(13)16-17-11(7)14-12(20)9-6-19(18-15-9)8-3-2-4-8/h5-6,8H,2-4H2,1H3,(H,14,17,20). The molecule has 1 amide bonds. The van der Waals surface area contributed by atoms with E-state index < -0.39 is 0 Å². The Morgan fingerprint density at radius 2 is 2.20 bits per heavy atom. The number of carbonyl (C=O) groups excluding carboxylic acids is 1. The van der Waals surface area contributed by atoms with Gasteiger partial charge in [0, 0.05) is 0 Å². The number of nitrogens with one attached hydrogen (secondary N) is 1. The van der Waals surface area contributed by atoms with Crippen LogP contribution in [0.25, 0.3) is 0 Å². The van der Waals surface area contributed by atoms with E-state index >= 15 is 0 Å². The summed E-state index contributed by atoms with van der Waals surface area (Å²) in [6, 6.07) is 2.01. The highest BCUT2D eigenvalue weighted by atomic mass is 35.5. The Hall–Kier alpha value is -2.02. The zero-order valence-corrected chi connectivity index (χ0v) is 11.6. The minimum absolute atomic E-state index is 0.271. The molecule has 2 aromatic rings. The predicted molar refractivity (Wildman–Crippen MR) is 72.6 cm³/mol. The Labute approximate surface area is 120 Å². The van der Waals surface area contributed by atoms with Gasteiger partial charge in [-0.25, -0.2) is 4.68 Å². The van der Waals surface area contributed by atoms with E-state index in [2.05, 4.69) is 25.8 Å². The Bertz CT molecular complexity index is 651. The van der Waals surface area contributed by atoms with Gasteiger partial charge in [0.25, 0.3) is 5.91 Å². The van der Waals surface area contributed by atoms with Gasteiger partial charge in [-0.3, -0.25) is 4.79 Å². The first-order valence-corrected chi connectivity index (χ1v) is 6.74. The summed E-state index contributed by atoms with van der Waals surface area (Å²) in [4.78, 5) is 12.1. The Morgan fingerprint density at radius 3 is 2.85 bits per heavy atom. The van der Waals surface area contributed by atoms with Gasteiger partial charge in [0.2, 0.25) is 0 Å². The van der Waals surface area contributed by atoms with Crippen LogP contribution in [-0.2, 0) is 0 Å². The molecule has 0 aliphatic heterocycles. The number of rotatable bonds is 3. The number of amides is 1. The SMILES string of the molecule is Cc1cc(Cl)nnc1NC(=O)c1cn(C2CCC2)nn1. The van der Waals surface area contributed by atoms with Crippen LogP contribution in [0.4, 0.5) is 5.82 Å². The van der Waals surface area contributed by atoms with Gasteiger partial charge >= 0.3 is 0 Å². The average Bonchev–Trinajstić information content (AvgIpc) is 2.80. The monoisotopic (exact) mass is 292 g/mol. The maximum Gasteiger partial charge on any atom is 0.279 e. The molecule has 0 saturated heterocycles. The first kappa shape index (κ1) is 13.0. The number of aromatic nitrogens is 5. The highest BCUT2D eigenvalue weighted by Gasteiger charge is 2.22. The first-order valence-electron chi connectivity index (χ1n) is 6.36. The third-order valence-corrected chi connectivity index (χ3v) is 3.56. The maximum atomic E-state index is 12.1. The molecule has 104 valence electrons. The van der Waals surface area contributed by atoms with E-state index in [1.807, 2.05) is 0 Å². The summed E-state index contributed by atoms with van der Waals surface area (Å²) < 4.78 is 1.75. The summed E-state index contributed by atoms with van der Waals surface area (Å²) in [5, 5.41) is 18.4. The second kappa shape index (κ2) is 5.16. The van der Waals surface area contributed by atoms with Crippen molar-refractivity contribution in [3.63, 3.8) is 0 Å². The lowest BCUT2D eigenvalue weighted by Crippen LogP contribution is -2.17. The molecule has 7 nitrogen and oxygen atoms in total. The molecule has 20 heavy (non-hydrogen) atoms. The lowest BCUT2D eigenvalue weighted by atomic mass is 9.93. The highest BCUT2D eigenvalue weighted by Crippen LogP contribution is 2.30. The number of carbonyl (C=O) groups is 1. The lowest BCUT2D eigenvalue weighted by molar-refractivity contribution is 0.102. The largest absolute Gasteiger partial charge is 0.303 e. The van der Waals surface area contributed by atoms with Crippen molar-refractivity contribution in [3.8, 4) is 0 Å². The third-order valence-electron chi connectivity index (χ3n) is 3.38. The number of nitrogens with zero attached hydrogens (tertiary/aromatic N) is 5. The molecular weight excluding hydrogens is 280 g/mol. The van der Waals surface area contributed by atoms with Crippen LogP contribution in [0.15, 0.2) is 12.3 Å². The van der Waals surface area contributed by atoms with Crippen LogP contribution in [0.1, 0.15) is 41.4 Å². The number of anilines is 1. The molecule has 1 N–H and O–H groups in total. The lowest BCUT2D eigenvalue weighted by Gasteiger charge is -2.24. The van der Waals surface area contributed by atoms with Crippen molar-refractivity contribution in [1.29, 1.82) is 0 Å². The zero-order valence-electron chi connectivity index (χ0n) is 10.9. The molecule has 1 aliphatic rings. The molecule has 3 rings (SSSR count). The van der Waals surface area contributed by atoms with Crippen molar-refractivity contribution in [2.24, 2.45) is 0 Å². The van der Waals surface area contributed by atoms with Crippen molar-refractivity contribution >= 4 is 23.3 Å². The van der Waals surface area contributed by atoms with Gasteiger partial charge in [-0.15, -0.1) is 15.3 Å². The molecule has 0 radical (unpaired) electrons. The summed E-state index contributed by atoms with van der Waals surface area (Å²) in [5.74, 6) is 0.0212. The number of hydrogen-bond donors (Lipinski definition) is 1. The normalized spacial score (nSPS) is 14.9. The molecule has 2 aromatic heterocycles. The molecule has 1 saturated carbocycles. The molecule has 0 atom stereocenters. The van der Waals surface area contributed by atoms with Crippen molar-refractivity contribution < 1.29 is 4.79 Å². The third kappa shape index (κ3) is 2.49. The number of halogens is 1. The van der Waals surface area contributed by atoms with Crippen LogP contribution in [0.2, 0.25) is 5.15 Å². The van der Waals surface area contributed by atoms with E-state index in [4.69, 9.17) is 11.6 Å². The maximum absolute atomic E-state index is 12.1. The minimum atomic E-state index is -0.352. The molecule has 2 heterocycles. The topological polar surface area (TPSA) is 85.6 Å². The van der Waals surface area contributed by atoms with E-state index in [1.54, 1.807) is 23.9 Å². The van der Waals surface area contributed by atoms with Crippen LogP contribution in [0.3, 0.4) is 0 Å². The van der Waals surface area contributed by atoms with E-state index in [9.17, 15) is 4.79 Å². The van der Waals surface area contributed by atoms with E-state index in [0.29, 0.717) is 11.9 Å². The molecule has 0 aromatic carbocycles. The van der Waals surface area contributed by atoms with Gasteiger partial charge < -0.3 is 5.32 Å². The first-order chi connectivity index (χ1) is 9.63. The smallest absolute Gasteiger partial charge is 0.279 e. The highest BCUT2D eigenvalue weighted by molar-refractivity contribution is 6.29. The van der Waals surface area contributed by atoms with Gasteiger partial charge in [-0.2, -0.15) is 0 Å². The zero-order chi connectivity index (χ0) is 14.1. The summed E-state index contributed by atoms with van der Waals surface area (Å²) in [6.45, 7) is 1.79. The Morgan fingerprint density at radius 1 is 1.40 bits per heavy atom. The molecular formula is C12H13ClN6O. The van der Waals surface area contributed by atoms with Crippen molar-refractivity contribution in [3.05, 3.63) is 28.7 Å². The number of hydrogen-bond acceptors (Lipinski definition) is 5. The van der Waals surface area contributed by atoms with E-state index in [0.717, 1.165) is 18.4 Å². The summed E-state index contributed by atoms with van der Waals surface area (Å²) in [7, 11) is 0. The van der Waals surface area contributed by atoms with Gasteiger partial charge in [-0.1, -0.05) is 16.8 Å². The molecule has 8 heteroatoms. The van der Waals surface area contributed by atoms with E-state index in [-0.39, 0.29) is 16.8 Å². The molecule has 0 bridgehead atoms. The number of aryl methyl sites for hydroxylation is 1. The fourth-order valence-electron chi connectivity index (χ4n) is 1.96. The fraction of sp³-hybridized carbons (Fsp3) is 0.417. The van der Waals surface area contributed by atoms with Crippen LogP contribution < -0.4 is 5.32 Å². The van der Waals surface area contributed by atoms with Crippen LogP contribution in [0.5, 0.6) is 0 Å². The summed E-state index contributed by atoms with van der Waals surface area (Å²) in [6.07, 6.45) is 5.04. The molecule has 0 spiro atoms. The van der Waals surface area contributed by atoms with Crippen molar-refractivity contribution in [2.75, 3.05) is 5.32 Å². The van der Waals surface area contributed by atoms with Crippen molar-refractivity contribution in [1.82, 2.24) is 25.2 Å². The fourth-order valence-corrected chi connectivity index (χ4v) is 2.16. The molecule has 1 aliphatic carbocycles. The van der Waals surface area contributed by atoms with Crippen LogP contribution in [-0.4, -0.2) is 31.1 Å². The second-order valence-electron chi connectivity index (χ2n) is 4.82. The summed E-state index contributed by atoms with van der Waals surface area (Å²) >= 11 is 5.72. The van der Waals surface area contributed by atoms with Gasteiger partial charge in [0.1, 0.15) is 0 Å². The molecule has 0 unspecified atom stereocenters. The van der Waals surface area contributed by atoms with Gasteiger partial charge in [0.05, 0.1) is 12.2 Å². The Balaban J connectivity index is 1.73. The Kier molecular flexibility index (Phi) is 3.35. The van der Waals surface area contributed by atoms with Crippen LogP contribution in [0, 0.1) is 6.92 Å². The molecule has 1 fully saturated rings. The average molecular weight is 293 g/mol.